The summed E-state index contributed by atoms with van der Waals surface area (Å²) in [6.07, 6.45) is 0.552. The highest BCUT2D eigenvalue weighted by atomic mass is 17.2. The Kier molecular flexibility index (Phi) is 4.01. The largest absolute Gasteiger partial charge is 0.379 e. The fourth-order valence-corrected chi connectivity index (χ4v) is 0.654. The van der Waals surface area contributed by atoms with Crippen LogP contribution in [0.25, 0.3) is 0 Å². The minimum absolute atomic E-state index is 0.368. The fourth-order valence-electron chi connectivity index (χ4n) is 0.654. The zero-order valence-corrected chi connectivity index (χ0v) is 7.83. The third-order valence-electron chi connectivity index (χ3n) is 1.32. The standard InChI is InChI=1S/C8H6O8/c9-5-1-2-6(10)14-16-8(12)4-3-7(11)15-13-5/h1-2H,3-4H2/b2-1+. The molecule has 0 saturated carbocycles. The van der Waals surface area contributed by atoms with E-state index in [2.05, 4.69) is 19.6 Å². The van der Waals surface area contributed by atoms with Crippen molar-refractivity contribution in [1.29, 1.82) is 0 Å². The first-order valence-corrected chi connectivity index (χ1v) is 4.08. The van der Waals surface area contributed by atoms with E-state index in [0.29, 0.717) is 12.2 Å². The molecule has 86 valence electrons. The fraction of sp³-hybridized carbons (Fsp3) is 0.250. The summed E-state index contributed by atoms with van der Waals surface area (Å²) in [5.41, 5.74) is 0. The molecule has 8 heteroatoms. The lowest BCUT2D eigenvalue weighted by Gasteiger charge is -2.03. The van der Waals surface area contributed by atoms with Crippen molar-refractivity contribution in [1.82, 2.24) is 0 Å². The monoisotopic (exact) mass is 230 g/mol. The first-order chi connectivity index (χ1) is 7.58. The molecule has 0 aromatic carbocycles. The topological polar surface area (TPSA) is 105 Å². The third kappa shape index (κ3) is 4.22. The summed E-state index contributed by atoms with van der Waals surface area (Å²) in [6.45, 7) is 0. The summed E-state index contributed by atoms with van der Waals surface area (Å²) in [5, 5.41) is 0. The Hall–Kier alpha value is -2.38. The highest BCUT2D eigenvalue weighted by Crippen LogP contribution is 1.99. The van der Waals surface area contributed by atoms with Gasteiger partial charge in [-0.05, 0) is 0 Å². The molecule has 0 saturated heterocycles. The van der Waals surface area contributed by atoms with Crippen LogP contribution in [0.4, 0.5) is 0 Å². The molecule has 0 atom stereocenters. The second-order valence-corrected chi connectivity index (χ2v) is 2.55. The average Bonchev–Trinajstić information content (AvgIpc) is 2.27. The second kappa shape index (κ2) is 5.49. The van der Waals surface area contributed by atoms with Crippen LogP contribution in [-0.4, -0.2) is 23.9 Å². The highest BCUT2D eigenvalue weighted by molar-refractivity contribution is 5.92. The molecule has 0 radical (unpaired) electrons. The van der Waals surface area contributed by atoms with Gasteiger partial charge in [0, 0.05) is 12.2 Å². The van der Waals surface area contributed by atoms with Crippen LogP contribution in [0.2, 0.25) is 0 Å². The number of rotatable bonds is 0. The molecule has 1 heterocycles. The van der Waals surface area contributed by atoms with Crippen LogP contribution in [0.15, 0.2) is 12.2 Å². The summed E-state index contributed by atoms with van der Waals surface area (Å²) >= 11 is 0. The van der Waals surface area contributed by atoms with Gasteiger partial charge in [-0.3, -0.25) is 0 Å². The molecule has 0 spiro atoms. The lowest BCUT2D eigenvalue weighted by Crippen LogP contribution is -2.15. The predicted molar refractivity (Wildman–Crippen MR) is 42.7 cm³/mol. The quantitative estimate of drug-likeness (QED) is 0.505. The molecular weight excluding hydrogens is 224 g/mol. The molecule has 0 amide bonds. The van der Waals surface area contributed by atoms with Crippen LogP contribution >= 0.6 is 0 Å². The average molecular weight is 230 g/mol. The van der Waals surface area contributed by atoms with Crippen molar-refractivity contribution >= 4 is 23.9 Å². The summed E-state index contributed by atoms with van der Waals surface area (Å²) in [7, 11) is 0. The minimum Gasteiger partial charge on any atom is -0.247 e. The van der Waals surface area contributed by atoms with Gasteiger partial charge in [0.2, 0.25) is 0 Å². The highest BCUT2D eigenvalue weighted by Gasteiger charge is 2.15. The van der Waals surface area contributed by atoms with E-state index in [-0.39, 0.29) is 12.8 Å². The van der Waals surface area contributed by atoms with Crippen molar-refractivity contribution in [2.24, 2.45) is 0 Å². The van der Waals surface area contributed by atoms with Gasteiger partial charge in [0.1, 0.15) is 0 Å². The maximum absolute atomic E-state index is 10.8. The van der Waals surface area contributed by atoms with Gasteiger partial charge in [-0.2, -0.15) is 0 Å². The van der Waals surface area contributed by atoms with E-state index in [1.807, 2.05) is 0 Å². The van der Waals surface area contributed by atoms with Crippen LogP contribution in [0.1, 0.15) is 12.8 Å². The lowest BCUT2D eigenvalue weighted by atomic mass is 10.3. The number of carbonyl (C=O) groups excluding carboxylic acids is 4. The smallest absolute Gasteiger partial charge is 0.247 e. The van der Waals surface area contributed by atoms with E-state index in [9.17, 15) is 19.2 Å². The Balaban J connectivity index is 2.64. The van der Waals surface area contributed by atoms with Gasteiger partial charge in [0.05, 0.1) is 12.8 Å². The van der Waals surface area contributed by atoms with Crippen LogP contribution < -0.4 is 0 Å². The van der Waals surface area contributed by atoms with Gasteiger partial charge >= 0.3 is 23.9 Å². The van der Waals surface area contributed by atoms with Crippen molar-refractivity contribution in [2.75, 3.05) is 0 Å². The Morgan fingerprint density at radius 1 is 0.688 bits per heavy atom. The molecule has 0 N–H and O–H groups in total. The van der Waals surface area contributed by atoms with Crippen molar-refractivity contribution in [3.05, 3.63) is 12.2 Å². The number of hydrogen-bond donors (Lipinski definition) is 0. The van der Waals surface area contributed by atoms with E-state index in [1.165, 1.54) is 0 Å². The minimum atomic E-state index is -1.07. The van der Waals surface area contributed by atoms with E-state index in [0.717, 1.165) is 0 Å². The van der Waals surface area contributed by atoms with E-state index in [4.69, 9.17) is 0 Å². The zero-order valence-electron chi connectivity index (χ0n) is 7.83. The van der Waals surface area contributed by atoms with Crippen molar-refractivity contribution in [3.8, 4) is 0 Å². The molecular formula is C8H6O8. The maximum Gasteiger partial charge on any atom is 0.379 e. The maximum atomic E-state index is 10.8. The van der Waals surface area contributed by atoms with Gasteiger partial charge in [-0.1, -0.05) is 0 Å². The first kappa shape index (κ1) is 11.7. The van der Waals surface area contributed by atoms with E-state index in [1.54, 1.807) is 0 Å². The van der Waals surface area contributed by atoms with Crippen LogP contribution in [0, 0.1) is 0 Å². The Bertz CT molecular complexity index is 321. The SMILES string of the molecule is O=C1/C=C/C(=O)OOC(=O)CCC(=O)OO1. The molecule has 1 rings (SSSR count). The molecule has 1 aliphatic rings. The first-order valence-electron chi connectivity index (χ1n) is 4.08. The normalized spacial score (nSPS) is 20.5. The van der Waals surface area contributed by atoms with E-state index >= 15 is 0 Å². The third-order valence-corrected chi connectivity index (χ3v) is 1.32. The summed E-state index contributed by atoms with van der Waals surface area (Å²) in [6, 6.07) is 0. The molecule has 1 aliphatic heterocycles. The molecule has 0 bridgehead atoms. The van der Waals surface area contributed by atoms with Gasteiger partial charge in [0.15, 0.2) is 0 Å². The Morgan fingerprint density at radius 3 is 1.44 bits per heavy atom. The number of hydrogen-bond acceptors (Lipinski definition) is 8. The molecule has 0 aliphatic carbocycles. The van der Waals surface area contributed by atoms with Gasteiger partial charge in [-0.25, -0.2) is 38.7 Å². The predicted octanol–water partition coefficient (Wildman–Crippen LogP) is -0.661. The van der Waals surface area contributed by atoms with Crippen LogP contribution in [0.3, 0.4) is 0 Å². The molecule has 0 aromatic heterocycles. The Labute approximate surface area is 88.6 Å². The molecule has 0 unspecified atom stereocenters. The number of carbonyl (C=O) groups is 4. The van der Waals surface area contributed by atoms with E-state index < -0.39 is 23.9 Å². The van der Waals surface area contributed by atoms with Gasteiger partial charge < -0.3 is 0 Å². The van der Waals surface area contributed by atoms with Crippen molar-refractivity contribution in [3.63, 3.8) is 0 Å². The molecule has 0 aromatic rings. The van der Waals surface area contributed by atoms with Crippen molar-refractivity contribution in [2.45, 2.75) is 12.8 Å². The van der Waals surface area contributed by atoms with Gasteiger partial charge in [0.25, 0.3) is 0 Å². The van der Waals surface area contributed by atoms with Crippen LogP contribution in [0.5, 0.6) is 0 Å². The lowest BCUT2D eigenvalue weighted by molar-refractivity contribution is -0.260. The van der Waals surface area contributed by atoms with Gasteiger partial charge in [-0.15, -0.1) is 0 Å². The molecule has 8 nitrogen and oxygen atoms in total. The molecule has 0 fully saturated rings. The Morgan fingerprint density at radius 2 is 1.06 bits per heavy atom. The summed E-state index contributed by atoms with van der Waals surface area (Å²) < 4.78 is 0. The van der Waals surface area contributed by atoms with Crippen LogP contribution in [-0.2, 0) is 38.7 Å². The zero-order chi connectivity index (χ0) is 12.0. The van der Waals surface area contributed by atoms with Crippen molar-refractivity contribution < 1.29 is 38.7 Å². The summed E-state index contributed by atoms with van der Waals surface area (Å²) in [4.78, 5) is 59.1. The summed E-state index contributed by atoms with van der Waals surface area (Å²) in [5.74, 6) is -3.99. The second-order valence-electron chi connectivity index (χ2n) is 2.55. The molecule has 16 heavy (non-hydrogen) atoms.